The van der Waals surface area contributed by atoms with Crippen LogP contribution in [-0.2, 0) is 15.0 Å². The van der Waals surface area contributed by atoms with Crippen molar-refractivity contribution in [3.63, 3.8) is 0 Å². The second-order valence-corrected chi connectivity index (χ2v) is 8.04. The van der Waals surface area contributed by atoms with Gasteiger partial charge in [-0.25, -0.2) is 4.39 Å². The lowest BCUT2D eigenvalue weighted by Crippen LogP contribution is -2.50. The largest absolute Gasteiger partial charge is 0.384 e. The summed E-state index contributed by atoms with van der Waals surface area (Å²) in [4.78, 5) is 28.4. The normalized spacial score (nSPS) is 22.4. The molecule has 2 aromatic rings. The van der Waals surface area contributed by atoms with E-state index in [2.05, 4.69) is 11.4 Å². The van der Waals surface area contributed by atoms with Gasteiger partial charge in [-0.3, -0.25) is 14.5 Å². The lowest BCUT2D eigenvalue weighted by molar-refractivity contribution is -0.122. The second-order valence-electron chi connectivity index (χ2n) is 8.04. The summed E-state index contributed by atoms with van der Waals surface area (Å²) < 4.78 is 14.3. The third kappa shape index (κ3) is 2.42. The van der Waals surface area contributed by atoms with Gasteiger partial charge in [-0.15, -0.1) is 0 Å². The molecular formula is C24H19FN4O2. The Kier molecular flexibility index (Phi) is 4.02. The van der Waals surface area contributed by atoms with Gasteiger partial charge in [0.2, 0.25) is 5.91 Å². The summed E-state index contributed by atoms with van der Waals surface area (Å²) >= 11 is 0. The van der Waals surface area contributed by atoms with Crippen LogP contribution in [-0.4, -0.2) is 11.7 Å². The molecule has 3 aliphatic rings. The summed E-state index contributed by atoms with van der Waals surface area (Å²) in [5, 5.41) is 12.9. The van der Waals surface area contributed by atoms with Gasteiger partial charge < -0.3 is 11.1 Å². The van der Waals surface area contributed by atoms with Gasteiger partial charge >= 0.3 is 0 Å². The number of allylic oxidation sites excluding steroid dienone is 1. The molecule has 1 amide bonds. The minimum atomic E-state index is -1.75. The van der Waals surface area contributed by atoms with Crippen molar-refractivity contribution in [3.8, 4) is 6.07 Å². The Balaban J connectivity index is 1.88. The third-order valence-electron chi connectivity index (χ3n) is 6.28. The number of nitrogens with zero attached hydrogens (tertiary/aromatic N) is 2. The Bertz CT molecular complexity index is 1270. The van der Waals surface area contributed by atoms with Crippen LogP contribution in [0.4, 0.5) is 15.8 Å². The highest BCUT2D eigenvalue weighted by molar-refractivity contribution is 6.19. The van der Waals surface area contributed by atoms with E-state index in [-0.39, 0.29) is 34.7 Å². The van der Waals surface area contributed by atoms with Crippen LogP contribution >= 0.6 is 0 Å². The molecule has 0 saturated carbocycles. The van der Waals surface area contributed by atoms with E-state index in [9.17, 15) is 19.2 Å². The smallest absolute Gasteiger partial charge is 0.245 e. The average molecular weight is 414 g/mol. The molecule has 0 bridgehead atoms. The van der Waals surface area contributed by atoms with Crippen LogP contribution in [0.25, 0.3) is 0 Å². The molecule has 7 heteroatoms. The molecule has 0 saturated heterocycles. The van der Waals surface area contributed by atoms with Crippen molar-refractivity contribution in [1.82, 2.24) is 0 Å². The highest BCUT2D eigenvalue weighted by Crippen LogP contribution is 2.55. The van der Waals surface area contributed by atoms with Gasteiger partial charge in [-0.2, -0.15) is 5.26 Å². The molecule has 31 heavy (non-hydrogen) atoms. The van der Waals surface area contributed by atoms with Gasteiger partial charge in [0.05, 0.1) is 5.57 Å². The zero-order valence-corrected chi connectivity index (χ0v) is 16.8. The summed E-state index contributed by atoms with van der Waals surface area (Å²) in [5.41, 5.74) is 7.90. The molecule has 0 aromatic heterocycles. The molecule has 1 atom stereocenters. The number of rotatable bonds is 1. The van der Waals surface area contributed by atoms with E-state index in [0.29, 0.717) is 29.9 Å². The minimum Gasteiger partial charge on any atom is -0.384 e. The molecule has 2 aliphatic heterocycles. The maximum Gasteiger partial charge on any atom is 0.245 e. The van der Waals surface area contributed by atoms with Crippen molar-refractivity contribution < 1.29 is 14.0 Å². The molecular weight excluding hydrogens is 395 g/mol. The fourth-order valence-corrected chi connectivity index (χ4v) is 4.95. The van der Waals surface area contributed by atoms with Gasteiger partial charge in [0.15, 0.2) is 5.78 Å². The van der Waals surface area contributed by atoms with Crippen molar-refractivity contribution in [2.45, 2.75) is 31.6 Å². The van der Waals surface area contributed by atoms with Crippen LogP contribution in [0.15, 0.2) is 65.1 Å². The van der Waals surface area contributed by atoms with Crippen molar-refractivity contribution in [1.29, 1.82) is 5.26 Å². The fourth-order valence-electron chi connectivity index (χ4n) is 4.95. The van der Waals surface area contributed by atoms with Crippen molar-refractivity contribution in [2.75, 3.05) is 10.2 Å². The van der Waals surface area contributed by atoms with Gasteiger partial charge in [-0.1, -0.05) is 17.7 Å². The second kappa shape index (κ2) is 6.54. The van der Waals surface area contributed by atoms with Crippen molar-refractivity contribution in [3.05, 3.63) is 82.1 Å². The SMILES string of the molecule is Cc1ccc(N2C(N)=C(C#N)[C@@]3(C(=O)Nc4ccc(F)cc43)C3=C2CCCC3=O)cc1. The first kappa shape index (κ1) is 19.1. The lowest BCUT2D eigenvalue weighted by Gasteiger charge is -2.43. The Morgan fingerprint density at radius 3 is 2.61 bits per heavy atom. The molecule has 0 fully saturated rings. The number of hydrogen-bond acceptors (Lipinski definition) is 5. The molecule has 1 spiro atoms. The zero-order valence-electron chi connectivity index (χ0n) is 16.8. The van der Waals surface area contributed by atoms with Gasteiger partial charge in [0.25, 0.3) is 0 Å². The molecule has 0 radical (unpaired) electrons. The van der Waals surface area contributed by atoms with E-state index in [1.54, 1.807) is 4.90 Å². The number of Topliss-reactive ketones (excluding diaryl/α,β-unsaturated/α-hetero) is 1. The number of hydrogen-bond donors (Lipinski definition) is 2. The minimum absolute atomic E-state index is 0.0658. The first-order chi connectivity index (χ1) is 14.9. The van der Waals surface area contributed by atoms with E-state index in [1.165, 1.54) is 18.2 Å². The molecule has 1 aliphatic carbocycles. The van der Waals surface area contributed by atoms with Crippen LogP contribution < -0.4 is 16.0 Å². The predicted molar refractivity (Wildman–Crippen MR) is 113 cm³/mol. The molecule has 5 rings (SSSR count). The summed E-state index contributed by atoms with van der Waals surface area (Å²) in [6, 6.07) is 13.5. The molecule has 2 aromatic carbocycles. The average Bonchev–Trinajstić information content (AvgIpc) is 3.02. The summed E-state index contributed by atoms with van der Waals surface area (Å²) in [6.45, 7) is 1.96. The van der Waals surface area contributed by atoms with E-state index in [4.69, 9.17) is 5.73 Å². The number of ketones is 1. The Labute approximate surface area is 178 Å². The number of carbonyl (C=O) groups is 2. The molecule has 154 valence electrons. The van der Waals surface area contributed by atoms with Gasteiger partial charge in [-0.05, 0) is 50.1 Å². The monoisotopic (exact) mass is 414 g/mol. The standard InChI is InChI=1S/C24H19FN4O2/c1-13-5-8-15(9-6-13)29-19-3-2-4-20(30)21(19)24(17(12-26)22(29)27)16-11-14(25)7-10-18(16)28-23(24)31/h5-11H,2-4,27H2,1H3,(H,28,31)/t24-/m1/s1. The highest BCUT2D eigenvalue weighted by atomic mass is 19.1. The number of aryl methyl sites for hydroxylation is 1. The van der Waals surface area contributed by atoms with Crippen LogP contribution in [0.5, 0.6) is 0 Å². The van der Waals surface area contributed by atoms with Crippen molar-refractivity contribution in [2.24, 2.45) is 5.73 Å². The number of fused-ring (bicyclic) bond motifs is 3. The zero-order chi connectivity index (χ0) is 21.9. The van der Waals surface area contributed by atoms with Crippen molar-refractivity contribution >= 4 is 23.1 Å². The molecule has 3 N–H and O–H groups in total. The Hall–Kier alpha value is -3.92. The van der Waals surface area contributed by atoms with E-state index in [1.807, 2.05) is 31.2 Å². The highest BCUT2D eigenvalue weighted by Gasteiger charge is 2.60. The number of amides is 1. The van der Waals surface area contributed by atoms with E-state index < -0.39 is 17.1 Å². The van der Waals surface area contributed by atoms with Gasteiger partial charge in [0.1, 0.15) is 23.1 Å². The molecule has 6 nitrogen and oxygen atoms in total. The van der Waals surface area contributed by atoms with Crippen LogP contribution in [0, 0.1) is 24.1 Å². The number of nitrogens with one attached hydrogen (secondary N) is 1. The van der Waals surface area contributed by atoms with Crippen LogP contribution in [0.1, 0.15) is 30.4 Å². The quantitative estimate of drug-likeness (QED) is 0.744. The fraction of sp³-hybridized carbons (Fsp3) is 0.208. The predicted octanol–water partition coefficient (Wildman–Crippen LogP) is 3.55. The number of halogens is 1. The first-order valence-electron chi connectivity index (χ1n) is 10.0. The summed E-state index contributed by atoms with van der Waals surface area (Å²) in [7, 11) is 0. The number of nitrogens with two attached hydrogens (primary N) is 1. The number of benzene rings is 2. The lowest BCUT2D eigenvalue weighted by atomic mass is 9.64. The topological polar surface area (TPSA) is 99.2 Å². The van der Waals surface area contributed by atoms with Gasteiger partial charge in [0, 0.05) is 34.6 Å². The first-order valence-corrected chi connectivity index (χ1v) is 10.0. The van der Waals surface area contributed by atoms with Crippen LogP contribution in [0.3, 0.4) is 0 Å². The third-order valence-corrected chi connectivity index (χ3v) is 6.28. The Morgan fingerprint density at radius 2 is 1.90 bits per heavy atom. The maximum absolute atomic E-state index is 14.3. The van der Waals surface area contributed by atoms with E-state index >= 15 is 0 Å². The van der Waals surface area contributed by atoms with E-state index in [0.717, 1.165) is 5.56 Å². The number of carbonyl (C=O) groups excluding carboxylic acids is 2. The summed E-state index contributed by atoms with van der Waals surface area (Å²) in [6.07, 6.45) is 1.36. The van der Waals surface area contributed by atoms with Crippen LogP contribution in [0.2, 0.25) is 0 Å². The number of nitriles is 1. The molecule has 0 unspecified atom stereocenters. The molecule has 2 heterocycles. The number of anilines is 2. The summed E-state index contributed by atoms with van der Waals surface area (Å²) in [5.74, 6) is -1.27. The Morgan fingerprint density at radius 1 is 1.16 bits per heavy atom. The maximum atomic E-state index is 14.3.